The summed E-state index contributed by atoms with van der Waals surface area (Å²) in [6, 6.07) is 0. The van der Waals surface area contributed by atoms with Crippen molar-refractivity contribution in [1.29, 1.82) is 0 Å². The number of nitrogens with zero attached hydrogens (tertiary/aromatic N) is 2. The number of rotatable bonds is 5. The van der Waals surface area contributed by atoms with Crippen LogP contribution in [0.15, 0.2) is 4.99 Å². The first kappa shape index (κ1) is 20.5. The summed E-state index contributed by atoms with van der Waals surface area (Å²) < 4.78 is 11.2. The van der Waals surface area contributed by atoms with Crippen molar-refractivity contribution in [3.63, 3.8) is 0 Å². The van der Waals surface area contributed by atoms with Crippen molar-refractivity contribution in [3.05, 3.63) is 0 Å². The molecule has 8 heteroatoms. The Kier molecular flexibility index (Phi) is 8.90. The van der Waals surface area contributed by atoms with E-state index in [0.29, 0.717) is 6.10 Å². The van der Waals surface area contributed by atoms with Crippen LogP contribution in [0.3, 0.4) is 0 Å². The number of aliphatic imine (C=N–C) groups is 1. The van der Waals surface area contributed by atoms with E-state index in [9.17, 15) is 0 Å². The monoisotopic (exact) mass is 470 g/mol. The van der Waals surface area contributed by atoms with E-state index in [1.807, 2.05) is 7.05 Å². The normalized spacial score (nSPS) is 31.7. The van der Waals surface area contributed by atoms with Crippen LogP contribution in [0.2, 0.25) is 0 Å². The number of morpholine rings is 1. The number of thioether (sulfide) groups is 1. The third kappa shape index (κ3) is 5.36. The standard InChI is InChI=1S/C16H30N4O2S.HI/c1-17-15(18-11-14-3-2-7-22-14)19-12-16(4-10-23-13-16)20-5-8-21-9-6-20;/h14H,2-13H2,1H3,(H2,17,18,19);1H. The third-order valence-electron chi connectivity index (χ3n) is 5.09. The van der Waals surface area contributed by atoms with E-state index >= 15 is 0 Å². The van der Waals surface area contributed by atoms with Crippen LogP contribution in [-0.2, 0) is 9.47 Å². The zero-order chi connectivity index (χ0) is 16.0. The van der Waals surface area contributed by atoms with Crippen molar-refractivity contribution in [2.45, 2.75) is 30.9 Å². The highest BCUT2D eigenvalue weighted by molar-refractivity contribution is 14.0. The molecule has 0 saturated carbocycles. The van der Waals surface area contributed by atoms with Crippen molar-refractivity contribution in [1.82, 2.24) is 15.5 Å². The highest BCUT2D eigenvalue weighted by atomic mass is 127. The van der Waals surface area contributed by atoms with E-state index in [2.05, 4.69) is 32.3 Å². The predicted molar refractivity (Wildman–Crippen MR) is 111 cm³/mol. The highest BCUT2D eigenvalue weighted by Crippen LogP contribution is 2.33. The van der Waals surface area contributed by atoms with E-state index in [1.54, 1.807) is 0 Å². The predicted octanol–water partition coefficient (Wildman–Crippen LogP) is 1.16. The fraction of sp³-hybridized carbons (Fsp3) is 0.938. The molecule has 3 saturated heterocycles. The molecule has 0 amide bonds. The summed E-state index contributed by atoms with van der Waals surface area (Å²) in [7, 11) is 1.84. The Morgan fingerprint density at radius 1 is 1.29 bits per heavy atom. The Bertz CT molecular complexity index is 396. The summed E-state index contributed by atoms with van der Waals surface area (Å²) in [6.07, 6.45) is 3.91. The lowest BCUT2D eigenvalue weighted by Crippen LogP contribution is -2.60. The van der Waals surface area contributed by atoms with E-state index in [1.165, 1.54) is 24.3 Å². The lowest BCUT2D eigenvalue weighted by atomic mass is 9.95. The molecule has 3 aliphatic heterocycles. The molecular formula is C16H31IN4O2S. The summed E-state index contributed by atoms with van der Waals surface area (Å²) in [5.74, 6) is 3.34. The molecule has 0 spiro atoms. The van der Waals surface area contributed by atoms with E-state index in [4.69, 9.17) is 9.47 Å². The molecule has 2 unspecified atom stereocenters. The summed E-state index contributed by atoms with van der Waals surface area (Å²) in [5, 5.41) is 6.98. The van der Waals surface area contributed by atoms with Crippen molar-refractivity contribution in [2.75, 3.05) is 64.6 Å². The number of hydrogen-bond acceptors (Lipinski definition) is 5. The van der Waals surface area contributed by atoms with Gasteiger partial charge in [0.1, 0.15) is 0 Å². The largest absolute Gasteiger partial charge is 0.379 e. The van der Waals surface area contributed by atoms with Crippen molar-refractivity contribution in [3.8, 4) is 0 Å². The minimum atomic E-state index is 0. The number of ether oxygens (including phenoxy) is 2. The Hall–Kier alpha value is 0.230. The molecule has 0 aromatic carbocycles. The van der Waals surface area contributed by atoms with Gasteiger partial charge in [-0.3, -0.25) is 9.89 Å². The highest BCUT2D eigenvalue weighted by Gasteiger charge is 2.40. The quantitative estimate of drug-likeness (QED) is 0.358. The number of nitrogens with one attached hydrogen (secondary N) is 2. The SMILES string of the molecule is CN=C(NCC1CCCO1)NCC1(N2CCOCC2)CCSC1.I. The van der Waals surface area contributed by atoms with Gasteiger partial charge in [0.25, 0.3) is 0 Å². The third-order valence-corrected chi connectivity index (χ3v) is 6.33. The number of hydrogen-bond donors (Lipinski definition) is 2. The molecule has 3 fully saturated rings. The van der Waals surface area contributed by atoms with Gasteiger partial charge in [0.05, 0.1) is 19.3 Å². The first-order valence-corrected chi connectivity index (χ1v) is 9.94. The van der Waals surface area contributed by atoms with Gasteiger partial charge in [0, 0.05) is 51.1 Å². The lowest BCUT2D eigenvalue weighted by molar-refractivity contribution is -0.0120. The molecule has 140 valence electrons. The van der Waals surface area contributed by atoms with Gasteiger partial charge in [-0.05, 0) is 25.0 Å². The van der Waals surface area contributed by atoms with Crippen LogP contribution in [-0.4, -0.2) is 87.1 Å². The zero-order valence-corrected chi connectivity index (χ0v) is 17.7. The molecule has 0 radical (unpaired) electrons. The minimum Gasteiger partial charge on any atom is -0.379 e. The van der Waals surface area contributed by atoms with Gasteiger partial charge < -0.3 is 20.1 Å². The molecular weight excluding hydrogens is 439 g/mol. The maximum Gasteiger partial charge on any atom is 0.191 e. The fourth-order valence-corrected chi connectivity index (χ4v) is 5.10. The molecule has 6 nitrogen and oxygen atoms in total. The Balaban J connectivity index is 0.00000208. The second kappa shape index (κ2) is 10.4. The van der Waals surface area contributed by atoms with Gasteiger partial charge >= 0.3 is 0 Å². The molecule has 0 bridgehead atoms. The summed E-state index contributed by atoms with van der Waals surface area (Å²) in [5.41, 5.74) is 0.246. The van der Waals surface area contributed by atoms with Crippen molar-refractivity contribution >= 4 is 41.7 Å². The molecule has 2 N–H and O–H groups in total. The molecule has 0 aromatic heterocycles. The number of guanidine groups is 1. The van der Waals surface area contributed by atoms with Crippen LogP contribution in [0.25, 0.3) is 0 Å². The molecule has 0 aliphatic carbocycles. The van der Waals surface area contributed by atoms with E-state index in [-0.39, 0.29) is 29.5 Å². The van der Waals surface area contributed by atoms with Crippen LogP contribution in [0.4, 0.5) is 0 Å². The van der Waals surface area contributed by atoms with Gasteiger partial charge in [-0.1, -0.05) is 0 Å². The van der Waals surface area contributed by atoms with Gasteiger partial charge in [0.2, 0.25) is 0 Å². The van der Waals surface area contributed by atoms with E-state index in [0.717, 1.165) is 58.4 Å². The molecule has 24 heavy (non-hydrogen) atoms. The van der Waals surface area contributed by atoms with Crippen LogP contribution in [0.5, 0.6) is 0 Å². The maximum absolute atomic E-state index is 5.67. The molecule has 3 heterocycles. The summed E-state index contributed by atoms with van der Waals surface area (Å²) >= 11 is 2.06. The van der Waals surface area contributed by atoms with E-state index < -0.39 is 0 Å². The van der Waals surface area contributed by atoms with Gasteiger partial charge in [-0.2, -0.15) is 11.8 Å². The second-order valence-electron chi connectivity index (χ2n) is 6.57. The average molecular weight is 470 g/mol. The fourth-order valence-electron chi connectivity index (χ4n) is 3.62. The molecule has 2 atom stereocenters. The maximum atomic E-state index is 5.67. The summed E-state index contributed by atoms with van der Waals surface area (Å²) in [6.45, 7) is 6.51. The van der Waals surface area contributed by atoms with Gasteiger partial charge in [-0.25, -0.2) is 0 Å². The molecule has 0 aromatic rings. The molecule has 3 aliphatic rings. The zero-order valence-electron chi connectivity index (χ0n) is 14.6. The first-order chi connectivity index (χ1) is 11.3. The van der Waals surface area contributed by atoms with Crippen LogP contribution >= 0.6 is 35.7 Å². The molecule has 3 rings (SSSR count). The Morgan fingerprint density at radius 2 is 2.12 bits per heavy atom. The average Bonchev–Trinajstić information content (AvgIpc) is 3.28. The van der Waals surface area contributed by atoms with Gasteiger partial charge in [-0.15, -0.1) is 24.0 Å². The lowest BCUT2D eigenvalue weighted by Gasteiger charge is -2.43. The number of halogens is 1. The second-order valence-corrected chi connectivity index (χ2v) is 7.67. The summed E-state index contributed by atoms with van der Waals surface area (Å²) in [4.78, 5) is 7.00. The Labute approximate surface area is 166 Å². The van der Waals surface area contributed by atoms with Crippen molar-refractivity contribution < 1.29 is 9.47 Å². The topological polar surface area (TPSA) is 58.1 Å². The van der Waals surface area contributed by atoms with Crippen molar-refractivity contribution in [2.24, 2.45) is 4.99 Å². The Morgan fingerprint density at radius 3 is 2.75 bits per heavy atom. The minimum absolute atomic E-state index is 0. The van der Waals surface area contributed by atoms with Crippen LogP contribution in [0.1, 0.15) is 19.3 Å². The van der Waals surface area contributed by atoms with Gasteiger partial charge in [0.15, 0.2) is 5.96 Å². The smallest absolute Gasteiger partial charge is 0.191 e. The first-order valence-electron chi connectivity index (χ1n) is 8.79. The van der Waals surface area contributed by atoms with Crippen LogP contribution in [0, 0.1) is 0 Å². The van der Waals surface area contributed by atoms with Crippen LogP contribution < -0.4 is 10.6 Å².